The number of ether oxygens (including phenoxy) is 4. The Hall–Kier alpha value is -3.68. The number of hydrogen-bond donors (Lipinski definition) is 0. The van der Waals surface area contributed by atoms with Gasteiger partial charge in [-0.2, -0.15) is 0 Å². The summed E-state index contributed by atoms with van der Waals surface area (Å²) in [7, 11) is 0. The normalized spacial score (nSPS) is 9.10. The van der Waals surface area contributed by atoms with Gasteiger partial charge in [0.25, 0.3) is 0 Å². The summed E-state index contributed by atoms with van der Waals surface area (Å²) in [4.78, 5) is 43.7. The Kier molecular flexibility index (Phi) is 18.1. The SMILES string of the molecule is C=CCOC(=O)C=CC(=O)OCC=C.C=CCOC(=O)CC(=C)C(=O)OCC=C. The molecule has 0 aromatic heterocycles. The summed E-state index contributed by atoms with van der Waals surface area (Å²) in [5, 5.41) is 0. The summed E-state index contributed by atoms with van der Waals surface area (Å²) in [5.41, 5.74) is 0.0610. The third-order valence-electron chi connectivity index (χ3n) is 2.38. The maximum atomic E-state index is 11.1. The van der Waals surface area contributed by atoms with Gasteiger partial charge in [-0.15, -0.1) is 0 Å². The van der Waals surface area contributed by atoms with Crippen molar-refractivity contribution in [1.29, 1.82) is 0 Å². The van der Waals surface area contributed by atoms with E-state index in [1.165, 1.54) is 24.3 Å². The molecule has 29 heavy (non-hydrogen) atoms. The Morgan fingerprint density at radius 1 is 0.621 bits per heavy atom. The lowest BCUT2D eigenvalue weighted by molar-refractivity contribution is -0.145. The zero-order valence-electron chi connectivity index (χ0n) is 16.3. The molecule has 0 aromatic carbocycles. The van der Waals surface area contributed by atoms with Gasteiger partial charge in [-0.1, -0.05) is 57.2 Å². The Morgan fingerprint density at radius 2 is 1.00 bits per heavy atom. The molecule has 8 heteroatoms. The van der Waals surface area contributed by atoms with Gasteiger partial charge in [-0.3, -0.25) is 4.79 Å². The van der Waals surface area contributed by atoms with Crippen molar-refractivity contribution in [3.8, 4) is 0 Å². The average molecular weight is 406 g/mol. The molecule has 0 atom stereocenters. The Balaban J connectivity index is 0. The van der Waals surface area contributed by atoms with Crippen LogP contribution in [0.1, 0.15) is 6.42 Å². The molecule has 0 spiro atoms. The minimum absolute atomic E-state index is 0.0610. The zero-order valence-corrected chi connectivity index (χ0v) is 16.3. The van der Waals surface area contributed by atoms with Crippen LogP contribution in [0.2, 0.25) is 0 Å². The van der Waals surface area contributed by atoms with Crippen molar-refractivity contribution < 1.29 is 38.1 Å². The van der Waals surface area contributed by atoms with Crippen LogP contribution >= 0.6 is 0 Å². The van der Waals surface area contributed by atoms with Crippen LogP contribution in [0.4, 0.5) is 0 Å². The number of rotatable bonds is 13. The molecular weight excluding hydrogens is 380 g/mol. The van der Waals surface area contributed by atoms with Gasteiger partial charge in [0.05, 0.1) is 6.42 Å². The monoisotopic (exact) mass is 406 g/mol. The van der Waals surface area contributed by atoms with Crippen molar-refractivity contribution in [2.45, 2.75) is 6.42 Å². The van der Waals surface area contributed by atoms with E-state index in [-0.39, 0.29) is 38.4 Å². The van der Waals surface area contributed by atoms with Gasteiger partial charge in [-0.05, 0) is 0 Å². The van der Waals surface area contributed by atoms with Crippen molar-refractivity contribution in [2.75, 3.05) is 26.4 Å². The predicted octanol–water partition coefficient (Wildman–Crippen LogP) is 2.39. The van der Waals surface area contributed by atoms with Crippen LogP contribution in [-0.4, -0.2) is 50.3 Å². The third kappa shape index (κ3) is 18.9. The van der Waals surface area contributed by atoms with Crippen LogP contribution in [0.25, 0.3) is 0 Å². The molecule has 0 N–H and O–H groups in total. The number of esters is 4. The first-order chi connectivity index (χ1) is 13.8. The minimum atomic E-state index is -0.620. The highest BCUT2D eigenvalue weighted by molar-refractivity contribution is 5.93. The molecule has 0 rings (SSSR count). The molecule has 0 aliphatic carbocycles. The Labute approximate surface area is 170 Å². The molecule has 0 aromatic rings. The largest absolute Gasteiger partial charge is 0.461 e. The summed E-state index contributed by atoms with van der Waals surface area (Å²) in [5.74, 6) is -2.37. The second kappa shape index (κ2) is 19.1. The number of carbonyl (C=O) groups excluding carboxylic acids is 4. The molecule has 0 fully saturated rings. The van der Waals surface area contributed by atoms with Crippen molar-refractivity contribution in [3.05, 3.63) is 74.9 Å². The molecule has 158 valence electrons. The van der Waals surface area contributed by atoms with Crippen LogP contribution in [0, 0.1) is 0 Å². The van der Waals surface area contributed by atoms with Crippen molar-refractivity contribution in [3.63, 3.8) is 0 Å². The van der Waals surface area contributed by atoms with Crippen LogP contribution in [0.15, 0.2) is 74.9 Å². The van der Waals surface area contributed by atoms with Gasteiger partial charge in [0, 0.05) is 17.7 Å². The standard InChI is InChI=1S/C11H14O4.C10H12O4/c1-4-6-14-10(12)8-9(3)11(13)15-7-5-2;1-3-7-13-9(11)5-6-10(12)14-8-4-2/h4-5H,1-3,6-8H2;3-6H,1-2,7-8H2. The van der Waals surface area contributed by atoms with E-state index in [0.717, 1.165) is 12.2 Å². The summed E-state index contributed by atoms with van der Waals surface area (Å²) >= 11 is 0. The van der Waals surface area contributed by atoms with Crippen molar-refractivity contribution >= 4 is 23.9 Å². The van der Waals surface area contributed by atoms with E-state index in [9.17, 15) is 19.2 Å². The molecule has 0 aliphatic rings. The van der Waals surface area contributed by atoms with E-state index in [4.69, 9.17) is 0 Å². The van der Waals surface area contributed by atoms with Gasteiger partial charge >= 0.3 is 23.9 Å². The van der Waals surface area contributed by atoms with E-state index in [0.29, 0.717) is 0 Å². The lowest BCUT2D eigenvalue weighted by Gasteiger charge is -2.04. The smallest absolute Gasteiger partial charge is 0.334 e. The lowest BCUT2D eigenvalue weighted by atomic mass is 10.2. The molecule has 0 saturated carbocycles. The van der Waals surface area contributed by atoms with E-state index >= 15 is 0 Å². The zero-order chi connectivity index (χ0) is 22.5. The topological polar surface area (TPSA) is 105 Å². The van der Waals surface area contributed by atoms with E-state index in [1.54, 1.807) is 0 Å². The minimum Gasteiger partial charge on any atom is -0.461 e. The van der Waals surface area contributed by atoms with Crippen molar-refractivity contribution in [1.82, 2.24) is 0 Å². The molecule has 0 bridgehead atoms. The highest BCUT2D eigenvalue weighted by Crippen LogP contribution is 2.03. The first-order valence-corrected chi connectivity index (χ1v) is 8.28. The van der Waals surface area contributed by atoms with E-state index in [1.807, 2.05) is 0 Å². The van der Waals surface area contributed by atoms with Gasteiger partial charge < -0.3 is 18.9 Å². The van der Waals surface area contributed by atoms with Crippen LogP contribution < -0.4 is 0 Å². The van der Waals surface area contributed by atoms with Crippen LogP contribution in [-0.2, 0) is 38.1 Å². The van der Waals surface area contributed by atoms with E-state index in [2.05, 4.69) is 51.8 Å². The van der Waals surface area contributed by atoms with Gasteiger partial charge in [0.2, 0.25) is 0 Å². The van der Waals surface area contributed by atoms with Gasteiger partial charge in [0.15, 0.2) is 0 Å². The molecule has 8 nitrogen and oxygen atoms in total. The third-order valence-corrected chi connectivity index (χ3v) is 2.38. The fraction of sp³-hybridized carbons (Fsp3) is 0.238. The van der Waals surface area contributed by atoms with Crippen molar-refractivity contribution in [2.24, 2.45) is 0 Å². The fourth-order valence-corrected chi connectivity index (χ4v) is 1.20. The maximum absolute atomic E-state index is 11.1. The maximum Gasteiger partial charge on any atom is 0.334 e. The lowest BCUT2D eigenvalue weighted by Crippen LogP contribution is -2.13. The summed E-state index contributed by atoms with van der Waals surface area (Å²) in [6.45, 7) is 17.4. The summed E-state index contributed by atoms with van der Waals surface area (Å²) < 4.78 is 18.5. The molecule has 0 heterocycles. The van der Waals surface area contributed by atoms with Crippen LogP contribution in [0.3, 0.4) is 0 Å². The van der Waals surface area contributed by atoms with Crippen LogP contribution in [0.5, 0.6) is 0 Å². The highest BCUT2D eigenvalue weighted by Gasteiger charge is 2.13. The molecule has 0 amide bonds. The summed E-state index contributed by atoms with van der Waals surface area (Å²) in [6.07, 6.45) is 7.55. The van der Waals surface area contributed by atoms with Gasteiger partial charge in [0.1, 0.15) is 26.4 Å². The number of carbonyl (C=O) groups is 4. The fourth-order valence-electron chi connectivity index (χ4n) is 1.20. The first-order valence-electron chi connectivity index (χ1n) is 8.28. The van der Waals surface area contributed by atoms with E-state index < -0.39 is 23.9 Å². The molecular formula is C21H26O8. The Bertz CT molecular complexity index is 617. The molecule has 0 radical (unpaired) electrons. The number of hydrogen-bond acceptors (Lipinski definition) is 8. The molecule has 0 aliphatic heterocycles. The second-order valence-corrected chi connectivity index (χ2v) is 4.81. The Morgan fingerprint density at radius 3 is 1.41 bits per heavy atom. The molecule has 0 unspecified atom stereocenters. The summed E-state index contributed by atoms with van der Waals surface area (Å²) in [6, 6.07) is 0. The average Bonchev–Trinajstić information content (AvgIpc) is 2.71. The predicted molar refractivity (Wildman–Crippen MR) is 108 cm³/mol. The second-order valence-electron chi connectivity index (χ2n) is 4.81. The highest BCUT2D eigenvalue weighted by atomic mass is 16.5. The quantitative estimate of drug-likeness (QED) is 0.199. The van der Waals surface area contributed by atoms with Gasteiger partial charge in [-0.25, -0.2) is 14.4 Å². The first kappa shape index (κ1) is 27.5. The molecule has 0 saturated heterocycles.